The fourth-order valence-electron chi connectivity index (χ4n) is 0.751. The van der Waals surface area contributed by atoms with Gasteiger partial charge in [0.2, 0.25) is 6.19 Å². The van der Waals surface area contributed by atoms with Gasteiger partial charge in [0.25, 0.3) is 0 Å². The number of benzene rings is 1. The van der Waals surface area contributed by atoms with Crippen LogP contribution in [0.2, 0.25) is 0 Å². The Kier molecular flexibility index (Phi) is 6.41. The quantitative estimate of drug-likeness (QED) is 0.207. The molecule has 0 aromatic heterocycles. The van der Waals surface area contributed by atoms with Gasteiger partial charge in [-0.15, -0.1) is 0 Å². The molecule has 0 aliphatic heterocycles. The summed E-state index contributed by atoms with van der Waals surface area (Å²) in [4.78, 5) is 3.22. The Labute approximate surface area is 109 Å². The van der Waals surface area contributed by atoms with Crippen molar-refractivity contribution in [2.24, 2.45) is 4.99 Å². The molecule has 0 bridgehead atoms. The number of anilines is 1. The van der Waals surface area contributed by atoms with E-state index >= 15 is 0 Å². The van der Waals surface area contributed by atoms with Gasteiger partial charge < -0.3 is 17.9 Å². The number of amidine groups is 1. The maximum Gasteiger partial charge on any atom is 1.00 e. The van der Waals surface area contributed by atoms with Crippen LogP contribution in [-0.2, 0) is 12.6 Å². The molecule has 0 spiro atoms. The van der Waals surface area contributed by atoms with E-state index in [1.54, 1.807) is 12.1 Å². The van der Waals surface area contributed by atoms with E-state index in [0.29, 0.717) is 0 Å². The van der Waals surface area contributed by atoms with Crippen molar-refractivity contribution in [1.29, 1.82) is 5.26 Å². The van der Waals surface area contributed by atoms with Gasteiger partial charge in [-0.1, -0.05) is 12.1 Å². The van der Waals surface area contributed by atoms with Gasteiger partial charge in [0.15, 0.2) is 0 Å². The second-order valence-corrected chi connectivity index (χ2v) is 2.51. The molecular formula is C8H5FN3NaS. The van der Waals surface area contributed by atoms with Gasteiger partial charge in [0.1, 0.15) is 5.82 Å². The molecule has 0 amide bonds. The number of nitrogens with one attached hydrogen (secondary N) is 1. The topological polar surface area (TPSA) is 48.2 Å². The molecule has 1 rings (SSSR count). The van der Waals surface area contributed by atoms with Gasteiger partial charge in [-0.25, -0.2) is 4.39 Å². The fraction of sp³-hybridized carbons (Fsp3) is 0. The van der Waals surface area contributed by atoms with Crippen LogP contribution in [0.25, 0.3) is 0 Å². The maximum absolute atomic E-state index is 12.9. The van der Waals surface area contributed by atoms with Crippen LogP contribution in [0, 0.1) is 17.3 Å². The van der Waals surface area contributed by atoms with Crippen molar-refractivity contribution in [1.82, 2.24) is 0 Å². The number of nitrogens with zero attached hydrogens (tertiary/aromatic N) is 2. The normalized spacial score (nSPS) is 9.86. The van der Waals surface area contributed by atoms with E-state index in [0.717, 1.165) is 0 Å². The van der Waals surface area contributed by atoms with Crippen LogP contribution in [0.15, 0.2) is 29.3 Å². The van der Waals surface area contributed by atoms with Crippen molar-refractivity contribution in [3.05, 3.63) is 30.1 Å². The Bertz CT molecular complexity index is 375. The Morgan fingerprint density at radius 2 is 2.14 bits per heavy atom. The summed E-state index contributed by atoms with van der Waals surface area (Å²) in [5.74, 6) is -0.432. The molecule has 0 heterocycles. The molecule has 14 heavy (non-hydrogen) atoms. The van der Waals surface area contributed by atoms with Crippen molar-refractivity contribution in [3.8, 4) is 6.19 Å². The molecule has 0 unspecified atom stereocenters. The number of hydrogen-bond donors (Lipinski definition) is 1. The van der Waals surface area contributed by atoms with Gasteiger partial charge in [-0.3, -0.25) is 0 Å². The second kappa shape index (κ2) is 6.74. The van der Waals surface area contributed by atoms with Crippen molar-refractivity contribution in [2.45, 2.75) is 0 Å². The van der Waals surface area contributed by atoms with E-state index in [2.05, 4.69) is 22.9 Å². The van der Waals surface area contributed by atoms with Crippen molar-refractivity contribution >= 4 is 23.5 Å². The van der Waals surface area contributed by atoms with Crippen LogP contribution < -0.4 is 34.9 Å². The fourth-order valence-corrected chi connectivity index (χ4v) is 0.902. The summed E-state index contributed by atoms with van der Waals surface area (Å²) in [6.45, 7) is 0. The van der Waals surface area contributed by atoms with Crippen LogP contribution in [0.4, 0.5) is 10.1 Å². The van der Waals surface area contributed by atoms with E-state index < -0.39 is 5.82 Å². The molecule has 0 atom stereocenters. The zero-order chi connectivity index (χ0) is 9.68. The third kappa shape index (κ3) is 4.03. The molecule has 1 N–H and O–H groups in total. The molecule has 6 heteroatoms. The van der Waals surface area contributed by atoms with Crippen molar-refractivity contribution in [2.75, 3.05) is 5.32 Å². The Morgan fingerprint density at radius 3 is 2.71 bits per heavy atom. The molecule has 0 aliphatic rings. The van der Waals surface area contributed by atoms with Gasteiger partial charge >= 0.3 is 29.6 Å². The first-order chi connectivity index (χ1) is 6.24. The molecule has 66 valence electrons. The van der Waals surface area contributed by atoms with E-state index in [1.807, 2.05) is 0 Å². The molecule has 1 aromatic carbocycles. The molecule has 0 radical (unpaired) electrons. The number of hydrogen-bond acceptors (Lipinski definition) is 3. The van der Waals surface area contributed by atoms with Gasteiger partial charge in [-0.05, 0) is 17.3 Å². The molecule has 0 saturated heterocycles. The SMILES string of the molecule is N#C/N=C(\[S-])Nc1ccccc1F.[Na+]. The van der Waals surface area contributed by atoms with Crippen molar-refractivity contribution < 1.29 is 33.9 Å². The average Bonchev–Trinajstić information content (AvgIpc) is 2.09. The third-order valence-corrected chi connectivity index (χ3v) is 1.46. The molecule has 1 aromatic rings. The minimum Gasteiger partial charge on any atom is -0.742 e. The largest absolute Gasteiger partial charge is 1.00 e. The van der Waals surface area contributed by atoms with E-state index in [1.165, 1.54) is 18.3 Å². The van der Waals surface area contributed by atoms with Crippen LogP contribution in [0.1, 0.15) is 0 Å². The molecule has 0 saturated carbocycles. The predicted octanol–water partition coefficient (Wildman–Crippen LogP) is -1.37. The Hall–Kier alpha value is -0.670. The summed E-state index contributed by atoms with van der Waals surface area (Å²) < 4.78 is 12.9. The van der Waals surface area contributed by atoms with Crippen LogP contribution in [0.3, 0.4) is 0 Å². The summed E-state index contributed by atoms with van der Waals surface area (Å²) in [5.41, 5.74) is 0.214. The monoisotopic (exact) mass is 217 g/mol. The van der Waals surface area contributed by atoms with E-state index in [4.69, 9.17) is 5.26 Å². The van der Waals surface area contributed by atoms with E-state index in [9.17, 15) is 4.39 Å². The number of halogens is 1. The van der Waals surface area contributed by atoms with Gasteiger partial charge in [0, 0.05) is 0 Å². The smallest absolute Gasteiger partial charge is 0.742 e. The maximum atomic E-state index is 12.9. The zero-order valence-corrected chi connectivity index (χ0v) is 10.3. The summed E-state index contributed by atoms with van der Waals surface area (Å²) in [7, 11) is 0. The molecule has 0 aliphatic carbocycles. The molecule has 3 nitrogen and oxygen atoms in total. The summed E-state index contributed by atoms with van der Waals surface area (Å²) in [5, 5.41) is 10.6. The Morgan fingerprint density at radius 1 is 1.50 bits per heavy atom. The number of para-hydroxylation sites is 1. The standard InChI is InChI=1S/C8H6FN3S.Na/c9-6-3-1-2-4-7(6)12-8(13)11-5-10;/h1-4H,(H2,11,12,13);/q;+1/p-1. The number of rotatable bonds is 1. The van der Waals surface area contributed by atoms with Crippen LogP contribution >= 0.6 is 0 Å². The van der Waals surface area contributed by atoms with E-state index in [-0.39, 0.29) is 40.4 Å². The summed E-state index contributed by atoms with van der Waals surface area (Å²) in [6, 6.07) is 6.01. The number of nitriles is 1. The average molecular weight is 217 g/mol. The van der Waals surface area contributed by atoms with Crippen LogP contribution in [0.5, 0.6) is 0 Å². The van der Waals surface area contributed by atoms with Crippen molar-refractivity contribution in [3.63, 3.8) is 0 Å². The minimum absolute atomic E-state index is 0. The minimum atomic E-state index is -0.432. The van der Waals surface area contributed by atoms with Gasteiger partial charge in [0.05, 0.1) is 5.69 Å². The first-order valence-corrected chi connectivity index (χ1v) is 3.80. The predicted molar refractivity (Wildman–Crippen MR) is 50.4 cm³/mol. The Balaban J connectivity index is 0.00000169. The van der Waals surface area contributed by atoms with Crippen LogP contribution in [-0.4, -0.2) is 5.17 Å². The molecule has 0 fully saturated rings. The number of aliphatic imine (C=N–C) groups is 1. The first kappa shape index (κ1) is 13.3. The summed E-state index contributed by atoms with van der Waals surface area (Å²) in [6.07, 6.45) is 1.51. The first-order valence-electron chi connectivity index (χ1n) is 3.39. The zero-order valence-electron chi connectivity index (χ0n) is 7.49. The second-order valence-electron chi connectivity index (χ2n) is 2.12. The molecular weight excluding hydrogens is 212 g/mol. The third-order valence-electron chi connectivity index (χ3n) is 1.27. The summed E-state index contributed by atoms with van der Waals surface area (Å²) >= 11 is 4.63. The van der Waals surface area contributed by atoms with Gasteiger partial charge in [-0.2, -0.15) is 10.3 Å².